The van der Waals surface area contributed by atoms with Gasteiger partial charge in [-0.05, 0) is 67.7 Å². The minimum Gasteiger partial charge on any atom is -0.508 e. The first-order valence-electron chi connectivity index (χ1n) is 11.5. The minimum absolute atomic E-state index is 0.0263. The Balaban J connectivity index is 1.77. The lowest BCUT2D eigenvalue weighted by atomic mass is 9.69. The van der Waals surface area contributed by atoms with Crippen LogP contribution in [0, 0.1) is 5.92 Å². The highest BCUT2D eigenvalue weighted by atomic mass is 16.3. The lowest BCUT2D eigenvalue weighted by molar-refractivity contribution is 0.318. The molecule has 168 valence electrons. The van der Waals surface area contributed by atoms with Gasteiger partial charge in [-0.2, -0.15) is 0 Å². The number of phenolic OH excluding ortho intramolecular Hbond substituents is 4. The summed E-state index contributed by atoms with van der Waals surface area (Å²) in [5.74, 6) is 1.26. The van der Waals surface area contributed by atoms with Crippen molar-refractivity contribution in [3.63, 3.8) is 0 Å². The summed E-state index contributed by atoms with van der Waals surface area (Å²) in [5.41, 5.74) is 2.47. The van der Waals surface area contributed by atoms with Crippen LogP contribution in [0.15, 0.2) is 60.7 Å². The molecule has 4 N–H and O–H groups in total. The molecule has 32 heavy (non-hydrogen) atoms. The van der Waals surface area contributed by atoms with Crippen molar-refractivity contribution in [2.45, 2.75) is 57.3 Å². The van der Waals surface area contributed by atoms with Gasteiger partial charge in [0.1, 0.15) is 23.0 Å². The van der Waals surface area contributed by atoms with Crippen LogP contribution in [0.5, 0.6) is 23.0 Å². The van der Waals surface area contributed by atoms with Crippen LogP contribution in [0.2, 0.25) is 0 Å². The summed E-state index contributed by atoms with van der Waals surface area (Å²) >= 11 is 0. The molecule has 3 aromatic carbocycles. The second kappa shape index (κ2) is 8.78. The Morgan fingerprint density at radius 3 is 1.66 bits per heavy atom. The molecular formula is C28H32O4. The summed E-state index contributed by atoms with van der Waals surface area (Å²) < 4.78 is 0. The van der Waals surface area contributed by atoms with Gasteiger partial charge < -0.3 is 20.4 Å². The van der Waals surface area contributed by atoms with E-state index in [9.17, 15) is 20.4 Å². The molecular weight excluding hydrogens is 400 g/mol. The van der Waals surface area contributed by atoms with Crippen molar-refractivity contribution in [1.29, 1.82) is 0 Å². The van der Waals surface area contributed by atoms with Crippen LogP contribution in [-0.4, -0.2) is 20.4 Å². The lowest BCUT2D eigenvalue weighted by Crippen LogP contribution is -2.26. The van der Waals surface area contributed by atoms with Crippen LogP contribution in [-0.2, 0) is 5.41 Å². The SMILES string of the molecule is CCC1CCC(c2ccc(C(C)(c3ccc(O)cc3O)c3ccc(O)cc3O)cc2)CC1. The van der Waals surface area contributed by atoms with E-state index in [1.807, 2.05) is 6.92 Å². The Hall–Kier alpha value is -3.14. The van der Waals surface area contributed by atoms with E-state index in [-0.39, 0.29) is 23.0 Å². The molecule has 1 aliphatic rings. The summed E-state index contributed by atoms with van der Waals surface area (Å²) in [6.45, 7) is 4.21. The smallest absolute Gasteiger partial charge is 0.123 e. The van der Waals surface area contributed by atoms with E-state index in [0.717, 1.165) is 11.5 Å². The highest BCUT2D eigenvalue weighted by Gasteiger charge is 2.36. The van der Waals surface area contributed by atoms with E-state index in [4.69, 9.17) is 0 Å². The topological polar surface area (TPSA) is 80.9 Å². The molecule has 0 radical (unpaired) electrons. The van der Waals surface area contributed by atoms with E-state index in [1.54, 1.807) is 12.1 Å². The highest BCUT2D eigenvalue weighted by Crippen LogP contribution is 2.47. The summed E-state index contributed by atoms with van der Waals surface area (Å²) in [6.07, 6.45) is 6.25. The van der Waals surface area contributed by atoms with Crippen LogP contribution in [0.1, 0.15) is 74.1 Å². The molecule has 1 aliphatic carbocycles. The maximum Gasteiger partial charge on any atom is 0.123 e. The van der Waals surface area contributed by atoms with Crippen LogP contribution >= 0.6 is 0 Å². The molecule has 4 nitrogen and oxygen atoms in total. The molecule has 1 fully saturated rings. The van der Waals surface area contributed by atoms with Gasteiger partial charge in [-0.15, -0.1) is 0 Å². The lowest BCUT2D eigenvalue weighted by Gasteiger charge is -2.33. The normalized spacial score (nSPS) is 19.1. The Kier molecular flexibility index (Phi) is 6.05. The maximum absolute atomic E-state index is 10.7. The number of aromatic hydroxyl groups is 4. The van der Waals surface area contributed by atoms with Crippen LogP contribution < -0.4 is 0 Å². The summed E-state index contributed by atoms with van der Waals surface area (Å²) in [6, 6.07) is 17.5. The summed E-state index contributed by atoms with van der Waals surface area (Å²) in [7, 11) is 0. The summed E-state index contributed by atoms with van der Waals surface area (Å²) in [5, 5.41) is 41.0. The van der Waals surface area contributed by atoms with Gasteiger partial charge in [-0.3, -0.25) is 0 Å². The minimum atomic E-state index is -0.895. The fraction of sp³-hybridized carbons (Fsp3) is 0.357. The largest absolute Gasteiger partial charge is 0.508 e. The van der Waals surface area contributed by atoms with E-state index in [1.165, 1.54) is 61.9 Å². The molecule has 1 saturated carbocycles. The van der Waals surface area contributed by atoms with Crippen molar-refractivity contribution in [3.8, 4) is 23.0 Å². The standard InChI is InChI=1S/C28H32O4/c1-3-18-4-6-19(7-5-18)20-8-10-21(11-9-20)28(2,24-14-12-22(29)16-26(24)31)25-15-13-23(30)17-27(25)32/h8-19,29-32H,3-7H2,1-2H3. The number of benzene rings is 3. The number of rotatable bonds is 5. The monoisotopic (exact) mass is 432 g/mol. The molecule has 3 aromatic rings. The van der Waals surface area contributed by atoms with Crippen molar-refractivity contribution in [2.75, 3.05) is 0 Å². The number of hydrogen-bond acceptors (Lipinski definition) is 4. The first-order valence-corrected chi connectivity index (χ1v) is 11.5. The molecule has 0 atom stereocenters. The average molecular weight is 433 g/mol. The van der Waals surface area contributed by atoms with Crippen molar-refractivity contribution < 1.29 is 20.4 Å². The molecule has 0 aromatic heterocycles. The first kappa shape index (κ1) is 22.1. The molecule has 0 spiro atoms. The number of hydrogen-bond donors (Lipinski definition) is 4. The zero-order valence-electron chi connectivity index (χ0n) is 18.8. The molecule has 0 saturated heterocycles. The third-order valence-electron chi connectivity index (χ3n) is 7.42. The van der Waals surface area contributed by atoms with Gasteiger partial charge in [0.15, 0.2) is 0 Å². The Labute approximate surface area is 189 Å². The molecule has 0 amide bonds. The van der Waals surface area contributed by atoms with Crippen LogP contribution in [0.4, 0.5) is 0 Å². The Morgan fingerprint density at radius 1 is 0.719 bits per heavy atom. The quantitative estimate of drug-likeness (QED) is 0.345. The van der Waals surface area contributed by atoms with E-state index in [0.29, 0.717) is 17.0 Å². The molecule has 0 aliphatic heterocycles. The average Bonchev–Trinajstić information content (AvgIpc) is 2.79. The van der Waals surface area contributed by atoms with Crippen molar-refractivity contribution >= 4 is 0 Å². The van der Waals surface area contributed by atoms with E-state index in [2.05, 4.69) is 31.2 Å². The second-order valence-corrected chi connectivity index (χ2v) is 9.28. The van der Waals surface area contributed by atoms with Gasteiger partial charge in [0, 0.05) is 28.7 Å². The zero-order valence-corrected chi connectivity index (χ0v) is 18.8. The fourth-order valence-corrected chi connectivity index (χ4v) is 5.33. The van der Waals surface area contributed by atoms with Gasteiger partial charge in [-0.1, -0.05) is 49.7 Å². The third-order valence-corrected chi connectivity index (χ3v) is 7.42. The van der Waals surface area contributed by atoms with Crippen molar-refractivity contribution in [1.82, 2.24) is 0 Å². The highest BCUT2D eigenvalue weighted by molar-refractivity contribution is 5.59. The van der Waals surface area contributed by atoms with Gasteiger partial charge >= 0.3 is 0 Å². The predicted octanol–water partition coefficient (Wildman–Crippen LogP) is 6.55. The van der Waals surface area contributed by atoms with Crippen LogP contribution in [0.25, 0.3) is 0 Å². The summed E-state index contributed by atoms with van der Waals surface area (Å²) in [4.78, 5) is 0. The molecule has 4 rings (SSSR count). The fourth-order valence-electron chi connectivity index (χ4n) is 5.33. The van der Waals surface area contributed by atoms with Crippen molar-refractivity contribution in [3.05, 3.63) is 82.9 Å². The van der Waals surface area contributed by atoms with E-state index >= 15 is 0 Å². The zero-order chi connectivity index (χ0) is 22.9. The van der Waals surface area contributed by atoms with Gasteiger partial charge in [0.2, 0.25) is 0 Å². The maximum atomic E-state index is 10.7. The van der Waals surface area contributed by atoms with Crippen LogP contribution in [0.3, 0.4) is 0 Å². The molecule has 0 heterocycles. The third kappa shape index (κ3) is 4.02. The van der Waals surface area contributed by atoms with Gasteiger partial charge in [0.05, 0.1) is 0 Å². The molecule has 0 bridgehead atoms. The predicted molar refractivity (Wildman–Crippen MR) is 127 cm³/mol. The second-order valence-electron chi connectivity index (χ2n) is 9.28. The van der Waals surface area contributed by atoms with Gasteiger partial charge in [-0.25, -0.2) is 0 Å². The first-order chi connectivity index (χ1) is 15.3. The van der Waals surface area contributed by atoms with E-state index < -0.39 is 5.41 Å². The Bertz CT molecular complexity index is 1030. The van der Waals surface area contributed by atoms with Crippen molar-refractivity contribution in [2.24, 2.45) is 5.92 Å². The molecule has 4 heteroatoms. The molecule has 0 unspecified atom stereocenters. The number of phenols is 4. The van der Waals surface area contributed by atoms with Gasteiger partial charge in [0.25, 0.3) is 0 Å². The Morgan fingerprint density at radius 2 is 1.22 bits per heavy atom.